The van der Waals surface area contributed by atoms with Crippen LogP contribution in [-0.2, 0) is 6.42 Å². The van der Waals surface area contributed by atoms with E-state index in [2.05, 4.69) is 50.0 Å². The second kappa shape index (κ2) is 10.8. The highest BCUT2D eigenvalue weighted by Crippen LogP contribution is 2.34. The van der Waals surface area contributed by atoms with Crippen molar-refractivity contribution in [3.8, 4) is 17.2 Å². The SMILES string of the molecule is COc1ccc(Br)c(CC2CCN(C3CCN(c4ccc(OC)c(OC)c4)CC3)CC2)c1. The van der Waals surface area contributed by atoms with Crippen LogP contribution in [0, 0.1) is 5.92 Å². The molecule has 2 aromatic carbocycles. The summed E-state index contributed by atoms with van der Waals surface area (Å²) in [4.78, 5) is 5.22. The summed E-state index contributed by atoms with van der Waals surface area (Å²) in [5.41, 5.74) is 2.59. The molecular weight excluding hydrogens is 468 g/mol. The van der Waals surface area contributed by atoms with E-state index < -0.39 is 0 Å². The number of likely N-dealkylation sites (tertiary alicyclic amines) is 1. The number of ether oxygens (including phenoxy) is 3. The lowest BCUT2D eigenvalue weighted by molar-refractivity contribution is 0.115. The van der Waals surface area contributed by atoms with Gasteiger partial charge in [-0.3, -0.25) is 0 Å². The van der Waals surface area contributed by atoms with Crippen LogP contribution in [0.2, 0.25) is 0 Å². The van der Waals surface area contributed by atoms with Gasteiger partial charge in [0.25, 0.3) is 0 Å². The van der Waals surface area contributed by atoms with Gasteiger partial charge in [-0.05, 0) is 87.0 Å². The number of piperidine rings is 2. The van der Waals surface area contributed by atoms with Gasteiger partial charge in [0.2, 0.25) is 0 Å². The number of hydrogen-bond acceptors (Lipinski definition) is 5. The van der Waals surface area contributed by atoms with E-state index in [9.17, 15) is 0 Å². The summed E-state index contributed by atoms with van der Waals surface area (Å²) in [5.74, 6) is 3.29. The molecule has 32 heavy (non-hydrogen) atoms. The number of halogens is 1. The Morgan fingerprint density at radius 1 is 0.812 bits per heavy atom. The van der Waals surface area contributed by atoms with Gasteiger partial charge in [0.05, 0.1) is 21.3 Å². The Morgan fingerprint density at radius 2 is 1.53 bits per heavy atom. The number of methoxy groups -OCH3 is 3. The first kappa shape index (κ1) is 23.2. The second-order valence-electron chi connectivity index (χ2n) is 8.90. The Bertz CT molecular complexity index is 891. The molecule has 0 aromatic heterocycles. The van der Waals surface area contributed by atoms with Gasteiger partial charge in [-0.2, -0.15) is 0 Å². The maximum atomic E-state index is 5.49. The molecule has 2 aliphatic rings. The molecule has 0 atom stereocenters. The van der Waals surface area contributed by atoms with Crippen LogP contribution >= 0.6 is 15.9 Å². The normalized spacial score (nSPS) is 18.6. The highest BCUT2D eigenvalue weighted by molar-refractivity contribution is 9.10. The summed E-state index contributed by atoms with van der Waals surface area (Å²) < 4.78 is 17.5. The molecule has 0 radical (unpaired) electrons. The predicted octanol–water partition coefficient (Wildman–Crippen LogP) is 5.40. The standard InChI is InChI=1S/C26H35BrN2O3/c1-30-23-5-6-24(27)20(17-23)16-19-8-12-28(13-9-19)21-10-14-29(15-11-21)22-4-7-25(31-2)26(18-22)32-3/h4-7,17-19,21H,8-16H2,1-3H3. The molecule has 0 amide bonds. The van der Waals surface area contributed by atoms with Gasteiger partial charge in [0, 0.05) is 35.4 Å². The lowest BCUT2D eigenvalue weighted by atomic mass is 9.88. The fourth-order valence-electron chi connectivity index (χ4n) is 5.18. The summed E-state index contributed by atoms with van der Waals surface area (Å²) in [5, 5.41) is 0. The van der Waals surface area contributed by atoms with E-state index in [1.165, 1.54) is 54.5 Å². The second-order valence-corrected chi connectivity index (χ2v) is 9.75. The topological polar surface area (TPSA) is 34.2 Å². The highest BCUT2D eigenvalue weighted by Gasteiger charge is 2.29. The molecule has 174 valence electrons. The van der Waals surface area contributed by atoms with Crippen molar-refractivity contribution in [3.05, 3.63) is 46.4 Å². The van der Waals surface area contributed by atoms with Gasteiger partial charge in [-0.15, -0.1) is 0 Å². The molecule has 2 aromatic rings. The smallest absolute Gasteiger partial charge is 0.162 e. The summed E-state index contributed by atoms with van der Waals surface area (Å²) in [6, 6.07) is 13.3. The molecule has 0 aliphatic carbocycles. The van der Waals surface area contributed by atoms with Crippen molar-refractivity contribution in [2.24, 2.45) is 5.92 Å². The quantitative estimate of drug-likeness (QED) is 0.506. The van der Waals surface area contributed by atoms with Crippen molar-refractivity contribution in [3.63, 3.8) is 0 Å². The Labute approximate surface area is 200 Å². The summed E-state index contributed by atoms with van der Waals surface area (Å²) in [6.07, 6.45) is 6.13. The van der Waals surface area contributed by atoms with Crippen molar-refractivity contribution in [2.75, 3.05) is 52.4 Å². The average molecular weight is 503 g/mol. The third-order valence-electron chi connectivity index (χ3n) is 7.12. The van der Waals surface area contributed by atoms with Crippen LogP contribution in [0.15, 0.2) is 40.9 Å². The van der Waals surface area contributed by atoms with Crippen LogP contribution in [0.1, 0.15) is 31.2 Å². The van der Waals surface area contributed by atoms with E-state index in [-0.39, 0.29) is 0 Å². The zero-order valence-electron chi connectivity index (χ0n) is 19.5. The van der Waals surface area contributed by atoms with E-state index in [1.807, 2.05) is 12.1 Å². The van der Waals surface area contributed by atoms with Gasteiger partial charge < -0.3 is 24.0 Å². The van der Waals surface area contributed by atoms with E-state index in [4.69, 9.17) is 14.2 Å². The van der Waals surface area contributed by atoms with Gasteiger partial charge in [-0.1, -0.05) is 15.9 Å². The molecule has 0 N–H and O–H groups in total. The Kier molecular flexibility index (Phi) is 7.84. The maximum absolute atomic E-state index is 5.49. The molecule has 2 saturated heterocycles. The first-order valence-electron chi connectivity index (χ1n) is 11.6. The minimum absolute atomic E-state index is 0.705. The zero-order chi connectivity index (χ0) is 22.5. The maximum Gasteiger partial charge on any atom is 0.162 e. The molecule has 0 spiro atoms. The predicted molar refractivity (Wildman–Crippen MR) is 133 cm³/mol. The molecule has 2 heterocycles. The molecule has 2 aliphatic heterocycles. The largest absolute Gasteiger partial charge is 0.497 e. The van der Waals surface area contributed by atoms with Gasteiger partial charge in [0.1, 0.15) is 5.75 Å². The van der Waals surface area contributed by atoms with E-state index in [0.29, 0.717) is 6.04 Å². The molecule has 6 heteroatoms. The molecule has 4 rings (SSSR count). The van der Waals surface area contributed by atoms with Crippen molar-refractivity contribution in [1.82, 2.24) is 4.90 Å². The monoisotopic (exact) mass is 502 g/mol. The number of benzene rings is 2. The van der Waals surface area contributed by atoms with Crippen molar-refractivity contribution >= 4 is 21.6 Å². The highest BCUT2D eigenvalue weighted by atomic mass is 79.9. The van der Waals surface area contributed by atoms with Crippen molar-refractivity contribution < 1.29 is 14.2 Å². The van der Waals surface area contributed by atoms with Crippen LogP contribution in [0.3, 0.4) is 0 Å². The van der Waals surface area contributed by atoms with Crippen molar-refractivity contribution in [2.45, 2.75) is 38.1 Å². The summed E-state index contributed by atoms with van der Waals surface area (Å²) >= 11 is 3.72. The minimum atomic E-state index is 0.705. The summed E-state index contributed by atoms with van der Waals surface area (Å²) in [7, 11) is 5.12. The first-order valence-corrected chi connectivity index (χ1v) is 12.4. The lowest BCUT2D eigenvalue weighted by Crippen LogP contribution is -2.48. The van der Waals surface area contributed by atoms with Crippen LogP contribution in [0.4, 0.5) is 5.69 Å². The van der Waals surface area contributed by atoms with E-state index in [0.717, 1.165) is 42.7 Å². The van der Waals surface area contributed by atoms with Gasteiger partial charge >= 0.3 is 0 Å². The average Bonchev–Trinajstić information content (AvgIpc) is 2.85. The van der Waals surface area contributed by atoms with Crippen LogP contribution in [0.5, 0.6) is 17.2 Å². The number of nitrogens with zero attached hydrogens (tertiary/aromatic N) is 2. The van der Waals surface area contributed by atoms with Gasteiger partial charge in [-0.25, -0.2) is 0 Å². The van der Waals surface area contributed by atoms with Gasteiger partial charge in [0.15, 0.2) is 11.5 Å². The Morgan fingerprint density at radius 3 is 2.19 bits per heavy atom. The Balaban J connectivity index is 1.27. The fourth-order valence-corrected chi connectivity index (χ4v) is 5.59. The Hall–Kier alpha value is -1.92. The molecule has 5 nitrogen and oxygen atoms in total. The van der Waals surface area contributed by atoms with E-state index in [1.54, 1.807) is 21.3 Å². The number of rotatable bonds is 7. The molecule has 0 saturated carbocycles. The molecular formula is C26H35BrN2O3. The van der Waals surface area contributed by atoms with E-state index >= 15 is 0 Å². The van der Waals surface area contributed by atoms with Crippen molar-refractivity contribution in [1.29, 1.82) is 0 Å². The third kappa shape index (κ3) is 5.34. The fraction of sp³-hybridized carbons (Fsp3) is 0.538. The zero-order valence-corrected chi connectivity index (χ0v) is 21.1. The first-order chi connectivity index (χ1) is 15.6. The minimum Gasteiger partial charge on any atom is -0.497 e. The number of anilines is 1. The lowest BCUT2D eigenvalue weighted by Gasteiger charge is -2.42. The van der Waals surface area contributed by atoms with Crippen LogP contribution in [0.25, 0.3) is 0 Å². The third-order valence-corrected chi connectivity index (χ3v) is 7.90. The number of hydrogen-bond donors (Lipinski definition) is 0. The molecule has 0 bridgehead atoms. The van der Waals surface area contributed by atoms with Crippen LogP contribution < -0.4 is 19.1 Å². The summed E-state index contributed by atoms with van der Waals surface area (Å²) in [6.45, 7) is 4.62. The molecule has 2 fully saturated rings. The molecule has 0 unspecified atom stereocenters. The van der Waals surface area contributed by atoms with Crippen LogP contribution in [-0.4, -0.2) is 58.5 Å².